The normalized spacial score (nSPS) is 23.2. The second kappa shape index (κ2) is 7.95. The lowest BCUT2D eigenvalue weighted by Gasteiger charge is -2.37. The SMILES string of the molecule is CN1CCN(CC(O)CN(C)C(=O)C(C)(C)C2CCCC2)CC1. The first kappa shape index (κ1) is 18.7. The third-order valence-electron chi connectivity index (χ3n) is 5.82. The van der Waals surface area contributed by atoms with E-state index in [2.05, 4.69) is 30.7 Å². The molecule has 2 fully saturated rings. The van der Waals surface area contributed by atoms with E-state index >= 15 is 0 Å². The first-order valence-corrected chi connectivity index (χ1v) is 9.15. The zero-order valence-electron chi connectivity index (χ0n) is 15.4. The standard InChI is InChI=1S/C18H35N3O2/c1-18(2,15-7-5-6-8-15)17(23)20(4)13-16(22)14-21-11-9-19(3)10-12-21/h15-16,22H,5-14H2,1-4H3. The van der Waals surface area contributed by atoms with Crippen molar-refractivity contribution in [3.05, 3.63) is 0 Å². The van der Waals surface area contributed by atoms with Gasteiger partial charge in [-0.25, -0.2) is 0 Å². The zero-order chi connectivity index (χ0) is 17.0. The summed E-state index contributed by atoms with van der Waals surface area (Å²) in [6, 6.07) is 0. The smallest absolute Gasteiger partial charge is 0.228 e. The quantitative estimate of drug-likeness (QED) is 0.799. The molecule has 0 bridgehead atoms. The van der Waals surface area contributed by atoms with Gasteiger partial charge in [-0.05, 0) is 25.8 Å². The molecule has 5 heteroatoms. The number of amides is 1. The second-order valence-electron chi connectivity index (χ2n) is 8.15. The third-order valence-corrected chi connectivity index (χ3v) is 5.82. The molecular weight excluding hydrogens is 290 g/mol. The van der Waals surface area contributed by atoms with Gasteiger partial charge in [-0.3, -0.25) is 9.69 Å². The molecule has 1 aliphatic carbocycles. The fourth-order valence-corrected chi connectivity index (χ4v) is 4.10. The van der Waals surface area contributed by atoms with Crippen molar-refractivity contribution < 1.29 is 9.90 Å². The Hall–Kier alpha value is -0.650. The summed E-state index contributed by atoms with van der Waals surface area (Å²) in [7, 11) is 3.97. The van der Waals surface area contributed by atoms with Gasteiger partial charge in [0.05, 0.1) is 6.10 Å². The fraction of sp³-hybridized carbons (Fsp3) is 0.944. The van der Waals surface area contributed by atoms with E-state index in [0.29, 0.717) is 19.0 Å². The van der Waals surface area contributed by atoms with Gasteiger partial charge in [-0.1, -0.05) is 26.7 Å². The highest BCUT2D eigenvalue weighted by Gasteiger charge is 2.40. The maximum absolute atomic E-state index is 12.8. The topological polar surface area (TPSA) is 47.0 Å². The molecule has 1 saturated carbocycles. The van der Waals surface area contributed by atoms with E-state index in [-0.39, 0.29) is 11.3 Å². The van der Waals surface area contributed by atoms with Gasteiger partial charge in [0, 0.05) is 51.7 Å². The van der Waals surface area contributed by atoms with Crippen molar-refractivity contribution in [2.75, 3.05) is 53.4 Å². The van der Waals surface area contributed by atoms with E-state index in [1.54, 1.807) is 4.90 Å². The van der Waals surface area contributed by atoms with E-state index in [0.717, 1.165) is 39.0 Å². The highest BCUT2D eigenvalue weighted by atomic mass is 16.3. The molecule has 0 spiro atoms. The van der Waals surface area contributed by atoms with Crippen LogP contribution >= 0.6 is 0 Å². The molecule has 2 aliphatic rings. The van der Waals surface area contributed by atoms with Gasteiger partial charge in [0.1, 0.15) is 0 Å². The lowest BCUT2D eigenvalue weighted by molar-refractivity contribution is -0.143. The van der Waals surface area contributed by atoms with E-state index in [1.807, 2.05) is 7.05 Å². The Morgan fingerprint density at radius 1 is 1.22 bits per heavy atom. The van der Waals surface area contributed by atoms with Crippen molar-refractivity contribution in [3.8, 4) is 0 Å². The summed E-state index contributed by atoms with van der Waals surface area (Å²) in [5, 5.41) is 10.4. The van der Waals surface area contributed by atoms with Crippen LogP contribution in [0.5, 0.6) is 0 Å². The van der Waals surface area contributed by atoms with Crippen molar-refractivity contribution in [2.45, 2.75) is 45.6 Å². The number of hydrogen-bond donors (Lipinski definition) is 1. The molecule has 1 unspecified atom stereocenters. The van der Waals surface area contributed by atoms with Gasteiger partial charge < -0.3 is 14.9 Å². The number of hydrogen-bond acceptors (Lipinski definition) is 4. The largest absolute Gasteiger partial charge is 0.390 e. The fourth-order valence-electron chi connectivity index (χ4n) is 4.10. The maximum atomic E-state index is 12.8. The highest BCUT2D eigenvalue weighted by molar-refractivity contribution is 5.82. The molecule has 5 nitrogen and oxygen atoms in total. The molecule has 1 N–H and O–H groups in total. The number of carbonyl (C=O) groups excluding carboxylic acids is 1. The molecule has 0 radical (unpaired) electrons. The number of likely N-dealkylation sites (N-methyl/N-ethyl adjacent to an activating group) is 2. The Morgan fingerprint density at radius 2 is 1.78 bits per heavy atom. The molecule has 1 atom stereocenters. The van der Waals surface area contributed by atoms with Crippen molar-refractivity contribution in [2.24, 2.45) is 11.3 Å². The van der Waals surface area contributed by atoms with E-state index in [9.17, 15) is 9.90 Å². The van der Waals surface area contributed by atoms with Crippen molar-refractivity contribution in [1.82, 2.24) is 14.7 Å². The van der Waals surface area contributed by atoms with Crippen LogP contribution in [0.4, 0.5) is 0 Å². The number of rotatable bonds is 6. The molecule has 1 aliphatic heterocycles. The monoisotopic (exact) mass is 325 g/mol. The summed E-state index contributed by atoms with van der Waals surface area (Å²) in [4.78, 5) is 19.2. The average Bonchev–Trinajstić information content (AvgIpc) is 3.03. The minimum atomic E-state index is -0.466. The predicted octanol–water partition coefficient (Wildman–Crippen LogP) is 1.27. The Balaban J connectivity index is 1.80. The summed E-state index contributed by atoms with van der Waals surface area (Å²) in [6.07, 6.45) is 4.35. The number of nitrogens with zero attached hydrogens (tertiary/aromatic N) is 3. The molecule has 0 aromatic carbocycles. The maximum Gasteiger partial charge on any atom is 0.228 e. The summed E-state index contributed by atoms with van der Waals surface area (Å²) in [5.41, 5.74) is -0.307. The molecule has 1 saturated heterocycles. The summed E-state index contributed by atoms with van der Waals surface area (Å²) in [6.45, 7) is 9.35. The number of piperazine rings is 1. The third kappa shape index (κ3) is 4.91. The van der Waals surface area contributed by atoms with Gasteiger partial charge in [-0.15, -0.1) is 0 Å². The molecular formula is C18H35N3O2. The molecule has 23 heavy (non-hydrogen) atoms. The van der Waals surface area contributed by atoms with E-state index < -0.39 is 6.10 Å². The van der Waals surface area contributed by atoms with Gasteiger partial charge in [0.15, 0.2) is 0 Å². The summed E-state index contributed by atoms with van der Waals surface area (Å²) >= 11 is 0. The van der Waals surface area contributed by atoms with Gasteiger partial charge in [0.2, 0.25) is 5.91 Å². The highest BCUT2D eigenvalue weighted by Crippen LogP contribution is 2.40. The van der Waals surface area contributed by atoms with Crippen LogP contribution < -0.4 is 0 Å². The second-order valence-corrected chi connectivity index (χ2v) is 8.15. The van der Waals surface area contributed by atoms with E-state index in [4.69, 9.17) is 0 Å². The minimum absolute atomic E-state index is 0.182. The molecule has 1 amide bonds. The number of aliphatic hydroxyl groups excluding tert-OH is 1. The minimum Gasteiger partial charge on any atom is -0.390 e. The number of β-amino-alcohol motifs (C(OH)–C–C–N with tert-alkyl or cyclic N) is 1. The summed E-state index contributed by atoms with van der Waals surface area (Å²) < 4.78 is 0. The van der Waals surface area contributed by atoms with Crippen molar-refractivity contribution in [1.29, 1.82) is 0 Å². The molecule has 1 heterocycles. The van der Waals surface area contributed by atoms with E-state index in [1.165, 1.54) is 12.8 Å². The average molecular weight is 325 g/mol. The van der Waals surface area contributed by atoms with Crippen molar-refractivity contribution in [3.63, 3.8) is 0 Å². The Labute approximate surface area is 141 Å². The molecule has 2 rings (SSSR count). The lowest BCUT2D eigenvalue weighted by atomic mass is 9.76. The first-order chi connectivity index (χ1) is 10.8. The predicted molar refractivity (Wildman–Crippen MR) is 93.3 cm³/mol. The van der Waals surface area contributed by atoms with Crippen LogP contribution in [0, 0.1) is 11.3 Å². The molecule has 134 valence electrons. The number of aliphatic hydroxyl groups is 1. The van der Waals surface area contributed by atoms with Crippen LogP contribution in [-0.4, -0.2) is 85.2 Å². The lowest BCUT2D eigenvalue weighted by Crippen LogP contribution is -2.50. The summed E-state index contributed by atoms with van der Waals surface area (Å²) in [5.74, 6) is 0.675. The van der Waals surface area contributed by atoms with Crippen molar-refractivity contribution >= 4 is 5.91 Å². The Bertz CT molecular complexity index is 386. The molecule has 0 aromatic heterocycles. The molecule has 0 aromatic rings. The Morgan fingerprint density at radius 3 is 2.35 bits per heavy atom. The van der Waals surface area contributed by atoms with Crippen LogP contribution in [-0.2, 0) is 4.79 Å². The Kier molecular flexibility index (Phi) is 6.46. The van der Waals surface area contributed by atoms with Crippen LogP contribution in [0.2, 0.25) is 0 Å². The van der Waals surface area contributed by atoms with Crippen LogP contribution in [0.1, 0.15) is 39.5 Å². The zero-order valence-corrected chi connectivity index (χ0v) is 15.4. The van der Waals surface area contributed by atoms with Crippen LogP contribution in [0.3, 0.4) is 0 Å². The van der Waals surface area contributed by atoms with Crippen LogP contribution in [0.25, 0.3) is 0 Å². The number of carbonyl (C=O) groups is 1. The van der Waals surface area contributed by atoms with Crippen LogP contribution in [0.15, 0.2) is 0 Å². The van der Waals surface area contributed by atoms with Gasteiger partial charge in [0.25, 0.3) is 0 Å². The van der Waals surface area contributed by atoms with Gasteiger partial charge in [-0.2, -0.15) is 0 Å². The van der Waals surface area contributed by atoms with Gasteiger partial charge >= 0.3 is 0 Å². The first-order valence-electron chi connectivity index (χ1n) is 9.15.